The summed E-state index contributed by atoms with van der Waals surface area (Å²) in [6.45, 7) is 3.12. The molecular formula is C12H16N2O5. The Bertz CT molecular complexity index is 455. The Hall–Kier alpha value is -2.31. The molecule has 2 amide bonds. The van der Waals surface area contributed by atoms with Gasteiger partial charge in [-0.1, -0.05) is 6.92 Å². The van der Waals surface area contributed by atoms with Crippen LogP contribution in [-0.2, 0) is 9.59 Å². The lowest BCUT2D eigenvalue weighted by molar-refractivity contribution is -0.142. The Morgan fingerprint density at radius 3 is 2.53 bits per heavy atom. The summed E-state index contributed by atoms with van der Waals surface area (Å²) in [5.41, 5.74) is 0.296. The molecule has 0 aliphatic rings. The summed E-state index contributed by atoms with van der Waals surface area (Å²) < 4.78 is 4.75. The lowest BCUT2D eigenvalue weighted by Crippen LogP contribution is -2.50. The Labute approximate surface area is 110 Å². The van der Waals surface area contributed by atoms with Gasteiger partial charge in [0, 0.05) is 0 Å². The van der Waals surface area contributed by atoms with E-state index in [-0.39, 0.29) is 6.42 Å². The zero-order valence-corrected chi connectivity index (χ0v) is 10.7. The van der Waals surface area contributed by atoms with Crippen molar-refractivity contribution in [3.05, 3.63) is 24.2 Å². The maximum absolute atomic E-state index is 11.7. The van der Waals surface area contributed by atoms with E-state index in [4.69, 9.17) is 9.52 Å². The molecule has 0 aliphatic carbocycles. The van der Waals surface area contributed by atoms with E-state index in [1.165, 1.54) is 25.5 Å². The van der Waals surface area contributed by atoms with E-state index in [2.05, 4.69) is 10.6 Å². The van der Waals surface area contributed by atoms with Gasteiger partial charge in [0.2, 0.25) is 5.91 Å². The van der Waals surface area contributed by atoms with Crippen LogP contribution in [0.4, 0.5) is 0 Å². The smallest absolute Gasteiger partial charge is 0.326 e. The van der Waals surface area contributed by atoms with E-state index < -0.39 is 29.9 Å². The van der Waals surface area contributed by atoms with E-state index >= 15 is 0 Å². The fourth-order valence-electron chi connectivity index (χ4n) is 1.37. The summed E-state index contributed by atoms with van der Waals surface area (Å²) in [6, 6.07) is -0.330. The number of carboxylic acid groups (broad SMARTS) is 1. The Morgan fingerprint density at radius 1 is 1.37 bits per heavy atom. The van der Waals surface area contributed by atoms with Gasteiger partial charge in [-0.25, -0.2) is 4.79 Å². The van der Waals surface area contributed by atoms with Crippen LogP contribution in [0.15, 0.2) is 23.0 Å². The lowest BCUT2D eigenvalue weighted by Gasteiger charge is -2.17. The zero-order valence-electron chi connectivity index (χ0n) is 10.7. The van der Waals surface area contributed by atoms with Crippen LogP contribution in [0, 0.1) is 0 Å². The molecule has 1 rings (SSSR count). The minimum Gasteiger partial charge on any atom is -0.480 e. The molecule has 0 fully saturated rings. The molecule has 104 valence electrons. The average molecular weight is 268 g/mol. The SMILES string of the molecule is CCC(NC(=O)C(C)NC(=O)c1ccoc1)C(=O)O. The van der Waals surface area contributed by atoms with Gasteiger partial charge < -0.3 is 20.2 Å². The molecule has 7 nitrogen and oxygen atoms in total. The first-order valence-electron chi connectivity index (χ1n) is 5.82. The normalized spacial score (nSPS) is 13.4. The van der Waals surface area contributed by atoms with Crippen LogP contribution in [0.3, 0.4) is 0 Å². The highest BCUT2D eigenvalue weighted by molar-refractivity contribution is 5.97. The third kappa shape index (κ3) is 4.13. The van der Waals surface area contributed by atoms with Crippen molar-refractivity contribution >= 4 is 17.8 Å². The molecule has 0 spiro atoms. The predicted octanol–water partition coefficient (Wildman–Crippen LogP) is 0.377. The molecule has 2 atom stereocenters. The van der Waals surface area contributed by atoms with Gasteiger partial charge in [-0.15, -0.1) is 0 Å². The topological polar surface area (TPSA) is 109 Å². The minimum absolute atomic E-state index is 0.267. The Morgan fingerprint density at radius 2 is 2.05 bits per heavy atom. The van der Waals surface area contributed by atoms with Gasteiger partial charge in [-0.3, -0.25) is 9.59 Å². The second-order valence-corrected chi connectivity index (χ2v) is 4.01. The first-order valence-corrected chi connectivity index (χ1v) is 5.82. The van der Waals surface area contributed by atoms with Crippen molar-refractivity contribution in [2.45, 2.75) is 32.4 Å². The van der Waals surface area contributed by atoms with E-state index in [9.17, 15) is 14.4 Å². The first-order chi connectivity index (χ1) is 8.95. The Balaban J connectivity index is 2.53. The number of furan rings is 1. The average Bonchev–Trinajstić information content (AvgIpc) is 2.88. The van der Waals surface area contributed by atoms with Crippen molar-refractivity contribution in [2.24, 2.45) is 0 Å². The summed E-state index contributed by atoms with van der Waals surface area (Å²) in [7, 11) is 0. The molecule has 1 aromatic rings. The maximum Gasteiger partial charge on any atom is 0.326 e. The van der Waals surface area contributed by atoms with Crippen molar-refractivity contribution in [3.8, 4) is 0 Å². The fraction of sp³-hybridized carbons (Fsp3) is 0.417. The summed E-state index contributed by atoms with van der Waals surface area (Å²) >= 11 is 0. The highest BCUT2D eigenvalue weighted by Crippen LogP contribution is 2.00. The third-order valence-electron chi connectivity index (χ3n) is 2.55. The largest absolute Gasteiger partial charge is 0.480 e. The minimum atomic E-state index is -1.11. The lowest BCUT2D eigenvalue weighted by atomic mass is 10.2. The highest BCUT2D eigenvalue weighted by atomic mass is 16.4. The number of aliphatic carboxylic acids is 1. The second kappa shape index (κ2) is 6.58. The van der Waals surface area contributed by atoms with Gasteiger partial charge in [0.1, 0.15) is 18.3 Å². The number of amides is 2. The number of nitrogens with one attached hydrogen (secondary N) is 2. The molecule has 3 N–H and O–H groups in total. The monoisotopic (exact) mass is 268 g/mol. The molecule has 0 saturated carbocycles. The standard InChI is InChI=1S/C12H16N2O5/c1-3-9(12(17)18)14-10(15)7(2)13-11(16)8-4-5-19-6-8/h4-7,9H,3H2,1-2H3,(H,13,16)(H,14,15)(H,17,18). The van der Waals surface area contributed by atoms with Crippen LogP contribution < -0.4 is 10.6 Å². The van der Waals surface area contributed by atoms with E-state index in [0.717, 1.165) is 0 Å². The van der Waals surface area contributed by atoms with E-state index in [0.29, 0.717) is 5.56 Å². The van der Waals surface area contributed by atoms with Gasteiger partial charge in [-0.2, -0.15) is 0 Å². The van der Waals surface area contributed by atoms with Crippen LogP contribution in [0.25, 0.3) is 0 Å². The molecule has 0 bridgehead atoms. The molecule has 1 aromatic heterocycles. The molecule has 7 heteroatoms. The van der Waals surface area contributed by atoms with Gasteiger partial charge in [0.25, 0.3) is 5.91 Å². The number of hydrogen-bond acceptors (Lipinski definition) is 4. The van der Waals surface area contributed by atoms with Crippen molar-refractivity contribution in [1.29, 1.82) is 0 Å². The van der Waals surface area contributed by atoms with Crippen molar-refractivity contribution in [2.75, 3.05) is 0 Å². The first kappa shape index (κ1) is 14.7. The number of rotatable bonds is 6. The zero-order chi connectivity index (χ0) is 14.4. The summed E-state index contributed by atoms with van der Waals surface area (Å²) in [5.74, 6) is -2.12. The summed E-state index contributed by atoms with van der Waals surface area (Å²) in [6.07, 6.45) is 2.87. The van der Waals surface area contributed by atoms with E-state index in [1.807, 2.05) is 0 Å². The molecule has 0 saturated heterocycles. The summed E-state index contributed by atoms with van der Waals surface area (Å²) in [5, 5.41) is 13.6. The molecule has 0 aliphatic heterocycles. The maximum atomic E-state index is 11.7. The van der Waals surface area contributed by atoms with Crippen LogP contribution in [0.2, 0.25) is 0 Å². The summed E-state index contributed by atoms with van der Waals surface area (Å²) in [4.78, 5) is 34.1. The van der Waals surface area contributed by atoms with Gasteiger partial charge in [0.05, 0.1) is 11.8 Å². The molecule has 1 heterocycles. The van der Waals surface area contributed by atoms with Crippen LogP contribution in [-0.4, -0.2) is 35.0 Å². The number of carboxylic acids is 1. The van der Waals surface area contributed by atoms with Crippen molar-refractivity contribution in [1.82, 2.24) is 10.6 Å². The van der Waals surface area contributed by atoms with Crippen molar-refractivity contribution in [3.63, 3.8) is 0 Å². The van der Waals surface area contributed by atoms with Crippen LogP contribution in [0.1, 0.15) is 30.6 Å². The van der Waals surface area contributed by atoms with Gasteiger partial charge in [-0.05, 0) is 19.4 Å². The van der Waals surface area contributed by atoms with E-state index in [1.54, 1.807) is 6.92 Å². The number of hydrogen-bond donors (Lipinski definition) is 3. The third-order valence-corrected chi connectivity index (χ3v) is 2.55. The number of carbonyl (C=O) groups is 3. The molecule has 0 aromatic carbocycles. The second-order valence-electron chi connectivity index (χ2n) is 4.01. The molecule has 2 unspecified atom stereocenters. The molecule has 19 heavy (non-hydrogen) atoms. The van der Waals surface area contributed by atoms with Crippen molar-refractivity contribution < 1.29 is 23.9 Å². The van der Waals surface area contributed by atoms with Crippen LogP contribution in [0.5, 0.6) is 0 Å². The highest BCUT2D eigenvalue weighted by Gasteiger charge is 2.22. The predicted molar refractivity (Wildman–Crippen MR) is 65.5 cm³/mol. The fourth-order valence-corrected chi connectivity index (χ4v) is 1.37. The van der Waals surface area contributed by atoms with Gasteiger partial charge in [0.15, 0.2) is 0 Å². The number of carbonyl (C=O) groups excluding carboxylic acids is 2. The Kier molecular flexibility index (Phi) is 5.11. The molecular weight excluding hydrogens is 252 g/mol. The van der Waals surface area contributed by atoms with Crippen LogP contribution >= 0.6 is 0 Å². The van der Waals surface area contributed by atoms with Gasteiger partial charge >= 0.3 is 5.97 Å². The quantitative estimate of drug-likeness (QED) is 0.691. The molecule has 0 radical (unpaired) electrons.